The minimum absolute atomic E-state index is 0.341. The van der Waals surface area contributed by atoms with E-state index in [0.717, 1.165) is 24.5 Å². The van der Waals surface area contributed by atoms with Crippen LogP contribution < -0.4 is 14.8 Å². The van der Waals surface area contributed by atoms with Crippen molar-refractivity contribution in [3.63, 3.8) is 0 Å². The molecule has 1 aromatic rings. The summed E-state index contributed by atoms with van der Waals surface area (Å²) in [6.45, 7) is 7.61. The summed E-state index contributed by atoms with van der Waals surface area (Å²) in [4.78, 5) is 0. The zero-order chi connectivity index (χ0) is 14.3. The average molecular weight is 265 g/mol. The molecule has 0 aliphatic carbocycles. The number of benzene rings is 1. The zero-order valence-electron chi connectivity index (χ0n) is 12.8. The summed E-state index contributed by atoms with van der Waals surface area (Å²) in [6.07, 6.45) is 2.32. The second-order valence-corrected chi connectivity index (χ2v) is 5.19. The lowest BCUT2D eigenvalue weighted by Gasteiger charge is -2.22. The fraction of sp³-hybridized carbons (Fsp3) is 0.625. The summed E-state index contributed by atoms with van der Waals surface area (Å²) in [5.41, 5.74) is 1.21. The minimum Gasteiger partial charge on any atom is -0.497 e. The second-order valence-electron chi connectivity index (χ2n) is 5.19. The van der Waals surface area contributed by atoms with Crippen LogP contribution in [0.25, 0.3) is 0 Å². The molecule has 1 unspecified atom stereocenters. The first kappa shape index (κ1) is 15.8. The molecule has 0 aromatic heterocycles. The van der Waals surface area contributed by atoms with Crippen LogP contribution in [0.1, 0.15) is 45.2 Å². The van der Waals surface area contributed by atoms with Gasteiger partial charge in [0.1, 0.15) is 11.5 Å². The van der Waals surface area contributed by atoms with Crippen molar-refractivity contribution in [2.24, 2.45) is 5.92 Å². The summed E-state index contributed by atoms with van der Waals surface area (Å²) in [7, 11) is 3.39. The third-order valence-electron chi connectivity index (χ3n) is 3.30. The van der Waals surface area contributed by atoms with Gasteiger partial charge < -0.3 is 14.8 Å². The molecule has 1 rings (SSSR count). The van der Waals surface area contributed by atoms with Gasteiger partial charge in [-0.05, 0) is 31.4 Å². The molecule has 0 bridgehead atoms. The Morgan fingerprint density at radius 3 is 2.37 bits per heavy atom. The smallest absolute Gasteiger partial charge is 0.127 e. The first-order valence-electron chi connectivity index (χ1n) is 7.07. The highest BCUT2D eigenvalue weighted by Crippen LogP contribution is 2.32. The molecular weight excluding hydrogens is 238 g/mol. The molecule has 0 saturated carbocycles. The molecule has 108 valence electrons. The van der Waals surface area contributed by atoms with Crippen LogP contribution in [0.2, 0.25) is 0 Å². The molecule has 0 amide bonds. The summed E-state index contributed by atoms with van der Waals surface area (Å²) in [6, 6.07) is 6.39. The van der Waals surface area contributed by atoms with Crippen LogP contribution >= 0.6 is 0 Å². The highest BCUT2D eigenvalue weighted by Gasteiger charge is 2.16. The molecule has 0 radical (unpaired) electrons. The van der Waals surface area contributed by atoms with Crippen molar-refractivity contribution in [1.82, 2.24) is 5.32 Å². The Morgan fingerprint density at radius 1 is 1.11 bits per heavy atom. The lowest BCUT2D eigenvalue weighted by Crippen LogP contribution is -2.22. The van der Waals surface area contributed by atoms with E-state index in [9.17, 15) is 0 Å². The van der Waals surface area contributed by atoms with Crippen molar-refractivity contribution >= 4 is 0 Å². The molecule has 0 heterocycles. The first-order chi connectivity index (χ1) is 9.12. The molecule has 0 aliphatic rings. The molecule has 0 fully saturated rings. The van der Waals surface area contributed by atoms with E-state index in [1.807, 2.05) is 12.1 Å². The van der Waals surface area contributed by atoms with Gasteiger partial charge in [0, 0.05) is 17.7 Å². The molecule has 1 atom stereocenters. The lowest BCUT2D eigenvalue weighted by atomic mass is 9.96. The number of rotatable bonds is 8. The van der Waals surface area contributed by atoms with Crippen molar-refractivity contribution in [2.75, 3.05) is 20.8 Å². The van der Waals surface area contributed by atoms with Crippen molar-refractivity contribution in [3.8, 4) is 11.5 Å². The maximum atomic E-state index is 5.50. The third-order valence-corrected chi connectivity index (χ3v) is 3.30. The maximum absolute atomic E-state index is 5.50. The van der Waals surface area contributed by atoms with Crippen molar-refractivity contribution in [3.05, 3.63) is 23.8 Å². The second kappa shape index (κ2) is 8.05. The third kappa shape index (κ3) is 4.75. The number of hydrogen-bond donors (Lipinski definition) is 1. The molecule has 0 saturated heterocycles. The standard InChI is InChI=1S/C16H27NO2/c1-6-17-15(10-7-12(2)3)14-9-8-13(18-4)11-16(14)19-5/h8-9,11-12,15,17H,6-7,10H2,1-5H3. The van der Waals surface area contributed by atoms with E-state index in [1.54, 1.807) is 14.2 Å². The van der Waals surface area contributed by atoms with Gasteiger partial charge in [0.2, 0.25) is 0 Å². The SMILES string of the molecule is CCNC(CCC(C)C)c1ccc(OC)cc1OC. The Balaban J connectivity index is 2.93. The van der Waals surface area contributed by atoms with Gasteiger partial charge in [-0.25, -0.2) is 0 Å². The van der Waals surface area contributed by atoms with Gasteiger partial charge in [0.25, 0.3) is 0 Å². The Kier molecular flexibility index (Phi) is 6.71. The number of ether oxygens (including phenoxy) is 2. The first-order valence-corrected chi connectivity index (χ1v) is 7.07. The van der Waals surface area contributed by atoms with Gasteiger partial charge in [-0.15, -0.1) is 0 Å². The van der Waals surface area contributed by atoms with E-state index in [-0.39, 0.29) is 0 Å². The van der Waals surface area contributed by atoms with E-state index in [2.05, 4.69) is 32.2 Å². The molecule has 0 spiro atoms. The monoisotopic (exact) mass is 265 g/mol. The molecule has 0 aliphatic heterocycles. The summed E-state index contributed by atoms with van der Waals surface area (Å²) >= 11 is 0. The molecule has 1 aromatic carbocycles. The molecule has 3 heteroatoms. The van der Waals surface area contributed by atoms with E-state index in [0.29, 0.717) is 12.0 Å². The van der Waals surface area contributed by atoms with Crippen LogP contribution in [-0.4, -0.2) is 20.8 Å². The number of nitrogens with one attached hydrogen (secondary N) is 1. The normalized spacial score (nSPS) is 12.5. The Bertz CT molecular complexity index is 377. The van der Waals surface area contributed by atoms with Crippen LogP contribution in [-0.2, 0) is 0 Å². The van der Waals surface area contributed by atoms with Gasteiger partial charge in [-0.2, -0.15) is 0 Å². The topological polar surface area (TPSA) is 30.5 Å². The van der Waals surface area contributed by atoms with Gasteiger partial charge in [-0.1, -0.05) is 26.8 Å². The van der Waals surface area contributed by atoms with Crippen molar-refractivity contribution in [1.29, 1.82) is 0 Å². The number of hydrogen-bond acceptors (Lipinski definition) is 3. The maximum Gasteiger partial charge on any atom is 0.127 e. The summed E-state index contributed by atoms with van der Waals surface area (Å²) in [5.74, 6) is 2.44. The quantitative estimate of drug-likeness (QED) is 0.775. The molecule has 1 N–H and O–H groups in total. The number of methoxy groups -OCH3 is 2. The highest BCUT2D eigenvalue weighted by molar-refractivity contribution is 5.42. The lowest BCUT2D eigenvalue weighted by molar-refractivity contribution is 0.377. The van der Waals surface area contributed by atoms with Gasteiger partial charge in [-0.3, -0.25) is 0 Å². The Labute approximate surface area is 117 Å². The molecule has 3 nitrogen and oxygen atoms in total. The van der Waals surface area contributed by atoms with E-state index < -0.39 is 0 Å². The Hall–Kier alpha value is -1.22. The summed E-state index contributed by atoms with van der Waals surface area (Å²) in [5, 5.41) is 3.55. The van der Waals surface area contributed by atoms with Crippen LogP contribution in [0, 0.1) is 5.92 Å². The largest absolute Gasteiger partial charge is 0.497 e. The van der Waals surface area contributed by atoms with Gasteiger partial charge in [0.15, 0.2) is 0 Å². The van der Waals surface area contributed by atoms with Gasteiger partial charge >= 0.3 is 0 Å². The predicted molar refractivity (Wildman–Crippen MR) is 80.0 cm³/mol. The summed E-state index contributed by atoms with van der Waals surface area (Å²) < 4.78 is 10.8. The average Bonchev–Trinajstić information content (AvgIpc) is 2.42. The van der Waals surface area contributed by atoms with Crippen molar-refractivity contribution in [2.45, 2.75) is 39.7 Å². The van der Waals surface area contributed by atoms with E-state index >= 15 is 0 Å². The van der Waals surface area contributed by atoms with Crippen molar-refractivity contribution < 1.29 is 9.47 Å². The zero-order valence-corrected chi connectivity index (χ0v) is 12.8. The molecule has 19 heavy (non-hydrogen) atoms. The highest BCUT2D eigenvalue weighted by atomic mass is 16.5. The van der Waals surface area contributed by atoms with Gasteiger partial charge in [0.05, 0.1) is 14.2 Å². The van der Waals surface area contributed by atoms with E-state index in [4.69, 9.17) is 9.47 Å². The van der Waals surface area contributed by atoms with E-state index in [1.165, 1.54) is 12.0 Å². The van der Waals surface area contributed by atoms with Crippen LogP contribution in [0.15, 0.2) is 18.2 Å². The fourth-order valence-corrected chi connectivity index (χ4v) is 2.22. The fourth-order valence-electron chi connectivity index (χ4n) is 2.22. The van der Waals surface area contributed by atoms with Crippen LogP contribution in [0.4, 0.5) is 0 Å². The molecular formula is C16H27NO2. The van der Waals surface area contributed by atoms with Crippen LogP contribution in [0.3, 0.4) is 0 Å². The predicted octanol–water partition coefficient (Wildman–Crippen LogP) is 3.79. The van der Waals surface area contributed by atoms with Crippen LogP contribution in [0.5, 0.6) is 11.5 Å². The minimum atomic E-state index is 0.341. The Morgan fingerprint density at radius 2 is 1.84 bits per heavy atom.